The van der Waals surface area contributed by atoms with Gasteiger partial charge in [0.1, 0.15) is 5.75 Å². The van der Waals surface area contributed by atoms with E-state index < -0.39 is 10.0 Å². The van der Waals surface area contributed by atoms with Gasteiger partial charge in [-0.15, -0.1) is 0 Å². The van der Waals surface area contributed by atoms with E-state index in [9.17, 15) is 8.42 Å². The van der Waals surface area contributed by atoms with Crippen molar-refractivity contribution in [1.29, 1.82) is 0 Å². The Morgan fingerprint density at radius 1 is 1.07 bits per heavy atom. The van der Waals surface area contributed by atoms with Gasteiger partial charge in [0.25, 0.3) is 0 Å². The van der Waals surface area contributed by atoms with Gasteiger partial charge >= 0.3 is 0 Å². The van der Waals surface area contributed by atoms with Crippen LogP contribution in [0.4, 0.5) is 0 Å². The molecule has 1 aliphatic rings. The van der Waals surface area contributed by atoms with Gasteiger partial charge in [0.05, 0.1) is 18.9 Å². The number of methoxy groups -OCH3 is 1. The highest BCUT2D eigenvalue weighted by Gasteiger charge is 2.26. The average molecular weight is 421 g/mol. The van der Waals surface area contributed by atoms with Crippen molar-refractivity contribution >= 4 is 10.0 Å². The van der Waals surface area contributed by atoms with Crippen LogP contribution in [-0.4, -0.2) is 75.4 Å². The van der Waals surface area contributed by atoms with E-state index >= 15 is 0 Å². The summed E-state index contributed by atoms with van der Waals surface area (Å²) in [6.07, 6.45) is 2.49. The van der Waals surface area contributed by atoms with Crippen LogP contribution in [0.1, 0.15) is 17.3 Å². The Morgan fingerprint density at radius 2 is 1.76 bits per heavy atom. The lowest BCUT2D eigenvalue weighted by atomic mass is 10.1. The molecule has 0 amide bonds. The van der Waals surface area contributed by atoms with Crippen LogP contribution in [0.3, 0.4) is 0 Å². The van der Waals surface area contributed by atoms with Gasteiger partial charge in [0.2, 0.25) is 10.0 Å². The molecule has 1 atom stereocenters. The van der Waals surface area contributed by atoms with E-state index in [0.717, 1.165) is 43.2 Å². The number of aryl methyl sites for hydroxylation is 2. The van der Waals surface area contributed by atoms with Gasteiger partial charge in [-0.25, -0.2) is 13.1 Å². The number of rotatable bonds is 9. The summed E-state index contributed by atoms with van der Waals surface area (Å²) < 4.78 is 35.4. The minimum Gasteiger partial charge on any atom is -0.497 e. The highest BCUT2D eigenvalue weighted by Crippen LogP contribution is 2.22. The predicted octanol–water partition coefficient (Wildman–Crippen LogP) is 1.48. The first-order chi connectivity index (χ1) is 13.9. The van der Waals surface area contributed by atoms with Crippen molar-refractivity contribution in [2.24, 2.45) is 7.05 Å². The molecule has 29 heavy (non-hydrogen) atoms. The molecule has 2 aromatic rings. The van der Waals surface area contributed by atoms with Crippen LogP contribution < -0.4 is 9.46 Å². The molecular weight excluding hydrogens is 388 g/mol. The maximum absolute atomic E-state index is 12.7. The molecular formula is C21H32N4O3S. The molecule has 1 unspecified atom stereocenters. The maximum atomic E-state index is 12.7. The summed E-state index contributed by atoms with van der Waals surface area (Å²) in [5.74, 6) is 0.842. The van der Waals surface area contributed by atoms with Crippen molar-refractivity contribution in [1.82, 2.24) is 19.1 Å². The molecule has 160 valence electrons. The second kappa shape index (κ2) is 9.75. The predicted molar refractivity (Wildman–Crippen MR) is 116 cm³/mol. The summed E-state index contributed by atoms with van der Waals surface area (Å²) in [6.45, 7) is 4.22. The molecule has 7 nitrogen and oxygen atoms in total. The van der Waals surface area contributed by atoms with Gasteiger partial charge < -0.3 is 14.2 Å². The minimum atomic E-state index is -3.37. The van der Waals surface area contributed by atoms with E-state index in [-0.39, 0.29) is 11.8 Å². The molecule has 1 fully saturated rings. The number of hydrogen-bond donors (Lipinski definition) is 1. The summed E-state index contributed by atoms with van der Waals surface area (Å²) in [5.41, 5.74) is 2.11. The number of aromatic nitrogens is 1. The largest absolute Gasteiger partial charge is 0.497 e. The summed E-state index contributed by atoms with van der Waals surface area (Å²) in [7, 11) is 2.38. The Bertz CT molecular complexity index is 872. The summed E-state index contributed by atoms with van der Waals surface area (Å²) in [6, 6.07) is 11.6. The first-order valence-corrected chi connectivity index (χ1v) is 11.7. The minimum absolute atomic E-state index is 0.0273. The van der Waals surface area contributed by atoms with E-state index in [0.29, 0.717) is 13.0 Å². The van der Waals surface area contributed by atoms with Crippen molar-refractivity contribution in [3.05, 3.63) is 53.9 Å². The zero-order chi connectivity index (χ0) is 20.9. The van der Waals surface area contributed by atoms with E-state index in [4.69, 9.17) is 4.74 Å². The van der Waals surface area contributed by atoms with Gasteiger partial charge in [0.15, 0.2) is 0 Å². The van der Waals surface area contributed by atoms with E-state index in [1.807, 2.05) is 43.6 Å². The summed E-state index contributed by atoms with van der Waals surface area (Å²) in [4.78, 5) is 4.68. The van der Waals surface area contributed by atoms with Crippen LogP contribution in [0.15, 0.2) is 42.6 Å². The van der Waals surface area contributed by atoms with Crippen LogP contribution in [-0.2, 0) is 23.5 Å². The Hall–Kier alpha value is -1.87. The number of likely N-dealkylation sites (N-methyl/N-ethyl adjacent to an activating group) is 1. The zero-order valence-corrected chi connectivity index (χ0v) is 18.4. The quantitative estimate of drug-likeness (QED) is 0.666. The van der Waals surface area contributed by atoms with Crippen LogP contribution in [0, 0.1) is 0 Å². The number of nitrogens with one attached hydrogen (secondary N) is 1. The van der Waals surface area contributed by atoms with Crippen molar-refractivity contribution in [2.75, 3.05) is 52.6 Å². The van der Waals surface area contributed by atoms with Crippen LogP contribution in [0.25, 0.3) is 0 Å². The molecule has 8 heteroatoms. The van der Waals surface area contributed by atoms with Crippen LogP contribution >= 0.6 is 0 Å². The Labute approximate surface area is 174 Å². The van der Waals surface area contributed by atoms with Gasteiger partial charge in [-0.1, -0.05) is 12.1 Å². The second-order valence-electron chi connectivity index (χ2n) is 7.66. The topological polar surface area (TPSA) is 66.8 Å². The first kappa shape index (κ1) is 21.8. The lowest BCUT2D eigenvalue weighted by molar-refractivity contribution is 0.109. The number of hydrogen-bond acceptors (Lipinski definition) is 5. The highest BCUT2D eigenvalue weighted by atomic mass is 32.2. The van der Waals surface area contributed by atoms with Gasteiger partial charge in [0, 0.05) is 51.7 Å². The molecule has 1 saturated heterocycles. The lowest BCUT2D eigenvalue weighted by Gasteiger charge is -2.38. The molecule has 0 radical (unpaired) electrons. The molecule has 1 aromatic carbocycles. The molecule has 2 heterocycles. The second-order valence-corrected chi connectivity index (χ2v) is 9.59. The zero-order valence-electron chi connectivity index (χ0n) is 17.5. The Morgan fingerprint density at radius 3 is 2.34 bits per heavy atom. The smallest absolute Gasteiger partial charge is 0.211 e. The molecule has 0 aliphatic carbocycles. The third kappa shape index (κ3) is 6.05. The molecule has 1 N–H and O–H groups in total. The molecule has 1 aromatic heterocycles. The SMILES string of the molecule is COc1ccc(CCS(=O)(=O)NCC(c2cccn2C)N2CCN(C)CC2)cc1. The standard InChI is InChI=1S/C21H32N4O3S/c1-23-12-14-25(15-13-23)21(20-5-4-11-24(20)2)17-22-29(26,27)16-10-18-6-8-19(28-3)9-7-18/h4-9,11,21-22H,10,12-17H2,1-3H3. The number of nitrogens with zero attached hydrogens (tertiary/aromatic N) is 3. The summed E-state index contributed by atoms with van der Waals surface area (Å²) in [5, 5.41) is 0. The van der Waals surface area contributed by atoms with Gasteiger partial charge in [-0.3, -0.25) is 4.90 Å². The molecule has 3 rings (SSSR count). The van der Waals surface area contributed by atoms with Crippen molar-refractivity contribution < 1.29 is 13.2 Å². The molecule has 0 saturated carbocycles. The van der Waals surface area contributed by atoms with Gasteiger partial charge in [-0.2, -0.15) is 0 Å². The first-order valence-electron chi connectivity index (χ1n) is 10.0. The fraction of sp³-hybridized carbons (Fsp3) is 0.524. The fourth-order valence-corrected chi connectivity index (χ4v) is 4.76. The van der Waals surface area contributed by atoms with Crippen molar-refractivity contribution in [3.8, 4) is 5.75 Å². The maximum Gasteiger partial charge on any atom is 0.211 e. The van der Waals surface area contributed by atoms with Crippen molar-refractivity contribution in [2.45, 2.75) is 12.5 Å². The average Bonchev–Trinajstić information content (AvgIpc) is 3.14. The number of ether oxygens (including phenoxy) is 1. The number of piperazine rings is 1. The number of benzene rings is 1. The normalized spacial score (nSPS) is 17.3. The van der Waals surface area contributed by atoms with E-state index in [1.165, 1.54) is 0 Å². The van der Waals surface area contributed by atoms with E-state index in [2.05, 4.69) is 32.2 Å². The fourth-order valence-electron chi connectivity index (χ4n) is 3.70. The van der Waals surface area contributed by atoms with Crippen LogP contribution in [0.2, 0.25) is 0 Å². The van der Waals surface area contributed by atoms with Crippen molar-refractivity contribution in [3.63, 3.8) is 0 Å². The number of sulfonamides is 1. The summed E-state index contributed by atoms with van der Waals surface area (Å²) >= 11 is 0. The third-order valence-electron chi connectivity index (χ3n) is 5.62. The van der Waals surface area contributed by atoms with Gasteiger partial charge in [-0.05, 0) is 43.3 Å². The third-order valence-corrected chi connectivity index (χ3v) is 6.97. The van der Waals surface area contributed by atoms with E-state index in [1.54, 1.807) is 7.11 Å². The molecule has 0 bridgehead atoms. The Balaban J connectivity index is 1.62. The van der Waals surface area contributed by atoms with Crippen LogP contribution in [0.5, 0.6) is 5.75 Å². The lowest BCUT2D eigenvalue weighted by Crippen LogP contribution is -2.49. The molecule has 1 aliphatic heterocycles. The molecule has 0 spiro atoms. The highest BCUT2D eigenvalue weighted by molar-refractivity contribution is 7.89. The monoisotopic (exact) mass is 420 g/mol. The Kier molecular flexibility index (Phi) is 7.34.